The summed E-state index contributed by atoms with van der Waals surface area (Å²) in [5.74, 6) is 0.213. The van der Waals surface area contributed by atoms with Crippen LogP contribution >= 0.6 is 23.2 Å². The lowest BCUT2D eigenvalue weighted by molar-refractivity contribution is 0.102. The SMILES string of the molecule is COc1cc(-c2c(C(=O)Nc3ccc(Cl)c(Cl)c3)c3oc2c2c3C2)ccn1. The Labute approximate surface area is 164 Å². The Morgan fingerprint density at radius 2 is 1.96 bits per heavy atom. The van der Waals surface area contributed by atoms with Gasteiger partial charge in [0.25, 0.3) is 5.91 Å². The number of pyridine rings is 1. The van der Waals surface area contributed by atoms with Crippen LogP contribution in [-0.4, -0.2) is 18.0 Å². The lowest BCUT2D eigenvalue weighted by Gasteiger charge is -2.09. The summed E-state index contributed by atoms with van der Waals surface area (Å²) in [5.41, 5.74) is 6.34. The molecule has 0 fully saturated rings. The van der Waals surface area contributed by atoms with Gasteiger partial charge >= 0.3 is 0 Å². The number of hydrogen-bond acceptors (Lipinski definition) is 4. The number of nitrogens with one attached hydrogen (secondary N) is 1. The molecule has 0 unspecified atom stereocenters. The van der Waals surface area contributed by atoms with Crippen molar-refractivity contribution in [2.45, 2.75) is 6.42 Å². The van der Waals surface area contributed by atoms with E-state index in [1.54, 1.807) is 37.6 Å². The summed E-state index contributed by atoms with van der Waals surface area (Å²) in [6.45, 7) is 0. The van der Waals surface area contributed by atoms with Crippen LogP contribution in [-0.2, 0) is 6.42 Å². The monoisotopic (exact) mass is 398 g/mol. The molecule has 4 aromatic rings. The summed E-state index contributed by atoms with van der Waals surface area (Å²) < 4.78 is 11.1. The molecule has 27 heavy (non-hydrogen) atoms. The Morgan fingerprint density at radius 3 is 2.74 bits per heavy atom. The zero-order valence-corrected chi connectivity index (χ0v) is 15.6. The standard InChI is InChI=1S/C20H12Cl2N2O3/c1-26-15-6-9(4-5-23-15)16-17(19-12-8-11(12)18(16)27-19)20(25)24-10-2-3-13(21)14(22)7-10/h2-7H,8H2,1H3,(H,24,25). The second-order valence-corrected chi connectivity index (χ2v) is 7.13. The summed E-state index contributed by atoms with van der Waals surface area (Å²) in [6, 6.07) is 8.59. The molecular weight excluding hydrogens is 387 g/mol. The van der Waals surface area contributed by atoms with E-state index in [4.69, 9.17) is 32.4 Å². The number of fused-ring (bicyclic) bond motifs is 5. The molecule has 1 N–H and O–H groups in total. The van der Waals surface area contributed by atoms with Crippen LogP contribution < -0.4 is 10.1 Å². The van der Waals surface area contributed by atoms with Crippen molar-refractivity contribution in [3.8, 4) is 17.0 Å². The predicted octanol–water partition coefficient (Wildman–Crippen LogP) is 5.40. The highest BCUT2D eigenvalue weighted by atomic mass is 35.5. The van der Waals surface area contributed by atoms with Gasteiger partial charge in [-0.05, 0) is 29.8 Å². The first-order valence-corrected chi connectivity index (χ1v) is 8.98. The summed E-state index contributed by atoms with van der Waals surface area (Å²) in [6.07, 6.45) is 2.51. The summed E-state index contributed by atoms with van der Waals surface area (Å²) in [5, 5.41) is 3.69. The molecule has 0 atom stereocenters. The van der Waals surface area contributed by atoms with E-state index in [9.17, 15) is 4.79 Å². The van der Waals surface area contributed by atoms with Crippen LogP contribution in [0.1, 0.15) is 21.5 Å². The predicted molar refractivity (Wildman–Crippen MR) is 104 cm³/mol. The normalized spacial score (nSPS) is 12.3. The smallest absolute Gasteiger partial charge is 0.260 e. The number of ether oxygens (including phenoxy) is 1. The molecule has 5 nitrogen and oxygen atoms in total. The molecule has 0 radical (unpaired) electrons. The van der Waals surface area contributed by atoms with Crippen molar-refractivity contribution >= 4 is 46.0 Å². The molecule has 7 heteroatoms. The summed E-state index contributed by atoms with van der Waals surface area (Å²) in [7, 11) is 1.55. The number of carbonyl (C=O) groups is 1. The lowest BCUT2D eigenvalue weighted by Crippen LogP contribution is -2.12. The molecule has 5 rings (SSSR count). The van der Waals surface area contributed by atoms with Gasteiger partial charge in [0.15, 0.2) is 0 Å². The van der Waals surface area contributed by atoms with Crippen molar-refractivity contribution in [2.75, 3.05) is 12.4 Å². The van der Waals surface area contributed by atoms with Crippen molar-refractivity contribution < 1.29 is 13.9 Å². The minimum absolute atomic E-state index is 0.261. The van der Waals surface area contributed by atoms with Crippen molar-refractivity contribution in [3.63, 3.8) is 0 Å². The van der Waals surface area contributed by atoms with Gasteiger partial charge in [-0.15, -0.1) is 0 Å². The Morgan fingerprint density at radius 1 is 1.15 bits per heavy atom. The Kier molecular flexibility index (Phi) is 3.57. The van der Waals surface area contributed by atoms with Crippen LogP contribution in [0.4, 0.5) is 5.69 Å². The van der Waals surface area contributed by atoms with E-state index in [1.165, 1.54) is 5.56 Å². The van der Waals surface area contributed by atoms with E-state index in [-0.39, 0.29) is 5.91 Å². The van der Waals surface area contributed by atoms with Crippen LogP contribution in [0.3, 0.4) is 0 Å². The molecule has 1 aromatic carbocycles. The van der Waals surface area contributed by atoms with Crippen molar-refractivity contribution in [1.82, 2.24) is 4.98 Å². The first kappa shape index (κ1) is 16.4. The average Bonchev–Trinajstić information content (AvgIpc) is 3.29. The average molecular weight is 399 g/mol. The van der Waals surface area contributed by atoms with E-state index in [1.807, 2.05) is 6.07 Å². The number of nitrogens with zero attached hydrogens (tertiary/aromatic N) is 1. The van der Waals surface area contributed by atoms with Crippen molar-refractivity contribution in [3.05, 3.63) is 63.3 Å². The third-order valence-corrected chi connectivity index (χ3v) is 5.43. The molecule has 3 heterocycles. The van der Waals surface area contributed by atoms with Gasteiger partial charge in [0.2, 0.25) is 5.88 Å². The van der Waals surface area contributed by atoms with Gasteiger partial charge in [0.05, 0.1) is 22.7 Å². The van der Waals surface area contributed by atoms with Gasteiger partial charge in [-0.1, -0.05) is 23.2 Å². The minimum Gasteiger partial charge on any atom is -0.481 e. The highest BCUT2D eigenvalue weighted by Gasteiger charge is 2.38. The van der Waals surface area contributed by atoms with Crippen LogP contribution in [0.25, 0.3) is 22.3 Å². The van der Waals surface area contributed by atoms with Crippen molar-refractivity contribution in [1.29, 1.82) is 0 Å². The van der Waals surface area contributed by atoms with E-state index in [0.29, 0.717) is 32.8 Å². The maximum Gasteiger partial charge on any atom is 0.260 e. The quantitative estimate of drug-likeness (QED) is 0.439. The highest BCUT2D eigenvalue weighted by Crippen LogP contribution is 2.50. The number of rotatable bonds is 4. The molecule has 2 bridgehead atoms. The van der Waals surface area contributed by atoms with Crippen molar-refractivity contribution in [2.24, 2.45) is 0 Å². The number of hydrogen-bond donors (Lipinski definition) is 1. The van der Waals surface area contributed by atoms with Crippen LogP contribution in [0, 0.1) is 0 Å². The van der Waals surface area contributed by atoms with Gasteiger partial charge in [0, 0.05) is 41.1 Å². The first-order valence-electron chi connectivity index (χ1n) is 8.23. The first-order chi connectivity index (χ1) is 13.1. The topological polar surface area (TPSA) is 64.4 Å². The zero-order chi connectivity index (χ0) is 18.7. The zero-order valence-electron chi connectivity index (χ0n) is 14.1. The summed E-state index contributed by atoms with van der Waals surface area (Å²) in [4.78, 5) is 17.2. The molecule has 1 aliphatic carbocycles. The fourth-order valence-electron chi connectivity index (χ4n) is 3.36. The number of carbonyl (C=O) groups excluding carboxylic acids is 1. The number of anilines is 1. The molecular formula is C20H12Cl2N2O3. The number of methoxy groups -OCH3 is 1. The lowest BCUT2D eigenvalue weighted by atomic mass is 10.00. The third kappa shape index (κ3) is 2.54. The molecule has 1 aliphatic rings. The largest absolute Gasteiger partial charge is 0.481 e. The molecule has 3 aromatic heterocycles. The van der Waals surface area contributed by atoms with Gasteiger partial charge < -0.3 is 14.5 Å². The van der Waals surface area contributed by atoms with Gasteiger partial charge in [-0.2, -0.15) is 0 Å². The highest BCUT2D eigenvalue weighted by molar-refractivity contribution is 6.42. The Balaban J connectivity index is 1.59. The number of halogens is 2. The molecule has 134 valence electrons. The Hall–Kier alpha value is -2.76. The van der Waals surface area contributed by atoms with Crippen LogP contribution in [0.15, 0.2) is 40.9 Å². The van der Waals surface area contributed by atoms with Crippen LogP contribution in [0.2, 0.25) is 10.0 Å². The summed E-state index contributed by atoms with van der Waals surface area (Å²) >= 11 is 12.0. The van der Waals surface area contributed by atoms with E-state index in [0.717, 1.165) is 28.7 Å². The maximum atomic E-state index is 13.1. The van der Waals surface area contributed by atoms with Gasteiger partial charge in [-0.3, -0.25) is 4.79 Å². The second-order valence-electron chi connectivity index (χ2n) is 6.31. The molecule has 0 aliphatic heterocycles. The molecule has 0 saturated heterocycles. The fourth-order valence-corrected chi connectivity index (χ4v) is 3.66. The van der Waals surface area contributed by atoms with E-state index in [2.05, 4.69) is 10.3 Å². The molecule has 0 saturated carbocycles. The second kappa shape index (κ2) is 5.87. The van der Waals surface area contributed by atoms with Crippen LogP contribution in [0.5, 0.6) is 5.88 Å². The van der Waals surface area contributed by atoms with Gasteiger partial charge in [-0.25, -0.2) is 4.98 Å². The number of amides is 1. The fraction of sp³-hybridized carbons (Fsp3) is 0.100. The van der Waals surface area contributed by atoms with E-state index < -0.39 is 0 Å². The van der Waals surface area contributed by atoms with E-state index >= 15 is 0 Å². The number of furan rings is 2. The number of benzene rings is 2. The maximum absolute atomic E-state index is 13.1. The molecule has 1 amide bonds. The third-order valence-electron chi connectivity index (χ3n) is 4.69. The Bertz CT molecular complexity index is 1220. The molecule has 0 spiro atoms. The number of aromatic nitrogens is 1. The van der Waals surface area contributed by atoms with Gasteiger partial charge in [0.1, 0.15) is 11.2 Å². The minimum atomic E-state index is -0.261.